The Bertz CT molecular complexity index is 386. The molecule has 0 spiro atoms. The van der Waals surface area contributed by atoms with Gasteiger partial charge in [0.15, 0.2) is 0 Å². The van der Waals surface area contributed by atoms with Crippen LogP contribution in [-0.4, -0.2) is 19.2 Å². The van der Waals surface area contributed by atoms with Gasteiger partial charge in [-0.3, -0.25) is 0 Å². The van der Waals surface area contributed by atoms with Crippen molar-refractivity contribution in [2.75, 3.05) is 13.1 Å². The number of hydrogen-bond donors (Lipinski definition) is 1. The molecule has 17 heavy (non-hydrogen) atoms. The van der Waals surface area contributed by atoms with E-state index in [0.717, 1.165) is 25.3 Å². The number of ether oxygens (including phenoxy) is 1. The summed E-state index contributed by atoms with van der Waals surface area (Å²) < 4.78 is 6.13. The van der Waals surface area contributed by atoms with Crippen molar-refractivity contribution in [1.82, 2.24) is 5.32 Å². The van der Waals surface area contributed by atoms with Crippen LogP contribution in [-0.2, 0) is 5.41 Å². The minimum Gasteiger partial charge on any atom is -0.489 e. The van der Waals surface area contributed by atoms with Gasteiger partial charge in [-0.2, -0.15) is 0 Å². The van der Waals surface area contributed by atoms with Crippen molar-refractivity contribution >= 4 is 0 Å². The van der Waals surface area contributed by atoms with Crippen molar-refractivity contribution in [2.24, 2.45) is 0 Å². The number of nitrogens with one attached hydrogen (secondary N) is 1. The summed E-state index contributed by atoms with van der Waals surface area (Å²) in [4.78, 5) is 0. The molecule has 1 aliphatic rings. The van der Waals surface area contributed by atoms with E-state index in [1.54, 1.807) is 0 Å². The molecule has 1 aromatic rings. The number of aryl methyl sites for hydroxylation is 1. The van der Waals surface area contributed by atoms with Crippen LogP contribution >= 0.6 is 0 Å². The van der Waals surface area contributed by atoms with Crippen LogP contribution in [0.3, 0.4) is 0 Å². The van der Waals surface area contributed by atoms with Crippen molar-refractivity contribution in [3.05, 3.63) is 29.3 Å². The Balaban J connectivity index is 2.25. The fraction of sp³-hybridized carbons (Fsp3) is 0.600. The quantitative estimate of drug-likeness (QED) is 0.847. The van der Waals surface area contributed by atoms with Crippen LogP contribution in [0.1, 0.15) is 38.3 Å². The Hall–Kier alpha value is -1.02. The second-order valence-corrected chi connectivity index (χ2v) is 5.98. The van der Waals surface area contributed by atoms with Gasteiger partial charge in [-0.1, -0.05) is 38.5 Å². The molecule has 1 fully saturated rings. The number of hydrogen-bond acceptors (Lipinski definition) is 2. The van der Waals surface area contributed by atoms with Crippen molar-refractivity contribution in [3.63, 3.8) is 0 Å². The van der Waals surface area contributed by atoms with Gasteiger partial charge in [0.1, 0.15) is 11.9 Å². The minimum atomic E-state index is 0.132. The fourth-order valence-electron chi connectivity index (χ4n) is 2.24. The highest BCUT2D eigenvalue weighted by Gasteiger charge is 2.22. The first kappa shape index (κ1) is 12.4. The molecule has 1 aromatic carbocycles. The maximum atomic E-state index is 6.13. The van der Waals surface area contributed by atoms with E-state index in [1.807, 2.05) is 0 Å². The van der Waals surface area contributed by atoms with E-state index in [2.05, 4.69) is 51.2 Å². The Kier molecular flexibility index (Phi) is 3.43. The first-order valence-electron chi connectivity index (χ1n) is 6.45. The molecule has 0 bridgehead atoms. The summed E-state index contributed by atoms with van der Waals surface area (Å²) in [6, 6.07) is 6.50. The Morgan fingerprint density at radius 3 is 2.65 bits per heavy atom. The van der Waals surface area contributed by atoms with E-state index < -0.39 is 0 Å². The zero-order chi connectivity index (χ0) is 12.5. The monoisotopic (exact) mass is 233 g/mol. The van der Waals surface area contributed by atoms with Crippen molar-refractivity contribution in [1.29, 1.82) is 0 Å². The predicted octanol–water partition coefficient (Wildman–Crippen LogP) is 3.03. The van der Waals surface area contributed by atoms with E-state index in [0.29, 0.717) is 6.10 Å². The zero-order valence-corrected chi connectivity index (χ0v) is 11.3. The van der Waals surface area contributed by atoms with Gasteiger partial charge in [-0.25, -0.2) is 0 Å². The van der Waals surface area contributed by atoms with E-state index in [9.17, 15) is 0 Å². The fourth-order valence-corrected chi connectivity index (χ4v) is 2.24. The average molecular weight is 233 g/mol. The third-order valence-corrected chi connectivity index (χ3v) is 3.25. The van der Waals surface area contributed by atoms with E-state index in [4.69, 9.17) is 4.74 Å². The molecule has 1 N–H and O–H groups in total. The van der Waals surface area contributed by atoms with Crippen molar-refractivity contribution in [2.45, 2.75) is 45.6 Å². The van der Waals surface area contributed by atoms with Gasteiger partial charge in [0.25, 0.3) is 0 Å². The average Bonchev–Trinajstić information content (AvgIpc) is 2.72. The van der Waals surface area contributed by atoms with Gasteiger partial charge in [0.2, 0.25) is 0 Å². The summed E-state index contributed by atoms with van der Waals surface area (Å²) in [5.41, 5.74) is 2.74. The molecule has 1 aliphatic heterocycles. The van der Waals surface area contributed by atoms with Gasteiger partial charge < -0.3 is 10.1 Å². The molecular weight excluding hydrogens is 210 g/mol. The summed E-state index contributed by atoms with van der Waals surface area (Å²) in [7, 11) is 0. The van der Waals surface area contributed by atoms with Crippen LogP contribution in [0.2, 0.25) is 0 Å². The molecule has 2 heteroatoms. The molecule has 94 valence electrons. The summed E-state index contributed by atoms with van der Waals surface area (Å²) in [6.07, 6.45) is 1.44. The second kappa shape index (κ2) is 4.69. The van der Waals surface area contributed by atoms with Gasteiger partial charge in [0.05, 0.1) is 0 Å². The van der Waals surface area contributed by atoms with Crippen LogP contribution in [0.15, 0.2) is 18.2 Å². The molecule has 0 aliphatic carbocycles. The molecule has 0 saturated carbocycles. The van der Waals surface area contributed by atoms with E-state index in [1.165, 1.54) is 11.1 Å². The first-order valence-corrected chi connectivity index (χ1v) is 6.45. The molecule has 1 atom stereocenters. The Labute approximate surface area is 104 Å². The number of rotatable bonds is 2. The normalized spacial score (nSPS) is 20.6. The molecule has 1 saturated heterocycles. The van der Waals surface area contributed by atoms with Crippen molar-refractivity contribution in [3.8, 4) is 5.75 Å². The molecular formula is C15H23NO. The lowest BCUT2D eigenvalue weighted by Gasteiger charge is -2.25. The summed E-state index contributed by atoms with van der Waals surface area (Å²) in [5.74, 6) is 1.05. The van der Waals surface area contributed by atoms with Gasteiger partial charge >= 0.3 is 0 Å². The highest BCUT2D eigenvalue weighted by Crippen LogP contribution is 2.33. The highest BCUT2D eigenvalue weighted by molar-refractivity contribution is 5.41. The largest absolute Gasteiger partial charge is 0.489 e. The molecule has 2 rings (SSSR count). The van der Waals surface area contributed by atoms with Crippen LogP contribution in [0.25, 0.3) is 0 Å². The second-order valence-electron chi connectivity index (χ2n) is 5.98. The lowest BCUT2D eigenvalue weighted by atomic mass is 9.85. The molecule has 1 heterocycles. The minimum absolute atomic E-state index is 0.132. The van der Waals surface area contributed by atoms with Gasteiger partial charge in [-0.05, 0) is 36.9 Å². The number of benzene rings is 1. The highest BCUT2D eigenvalue weighted by atomic mass is 16.5. The Morgan fingerprint density at radius 1 is 1.29 bits per heavy atom. The van der Waals surface area contributed by atoms with Gasteiger partial charge in [-0.15, -0.1) is 0 Å². The third kappa shape index (κ3) is 3.01. The molecule has 0 radical (unpaired) electrons. The third-order valence-electron chi connectivity index (χ3n) is 3.25. The zero-order valence-electron chi connectivity index (χ0n) is 11.3. The van der Waals surface area contributed by atoms with Gasteiger partial charge in [0, 0.05) is 6.54 Å². The van der Waals surface area contributed by atoms with Crippen LogP contribution in [0.5, 0.6) is 5.75 Å². The van der Waals surface area contributed by atoms with Crippen LogP contribution < -0.4 is 10.1 Å². The summed E-state index contributed by atoms with van der Waals surface area (Å²) >= 11 is 0. The molecule has 2 nitrogen and oxygen atoms in total. The summed E-state index contributed by atoms with van der Waals surface area (Å²) in [5, 5.41) is 3.34. The molecule has 0 aromatic heterocycles. The maximum Gasteiger partial charge on any atom is 0.123 e. The first-order chi connectivity index (χ1) is 7.97. The lowest BCUT2D eigenvalue weighted by Crippen LogP contribution is -2.22. The maximum absolute atomic E-state index is 6.13. The standard InChI is InChI=1S/C15H23NO/c1-11-5-6-14(13(9-11)15(2,3)4)17-12-7-8-16-10-12/h5-6,9,12,16H,7-8,10H2,1-4H3/t12-/m1/s1. The summed E-state index contributed by atoms with van der Waals surface area (Å²) in [6.45, 7) is 10.9. The Morgan fingerprint density at radius 2 is 2.06 bits per heavy atom. The predicted molar refractivity (Wildman–Crippen MR) is 71.8 cm³/mol. The van der Waals surface area contributed by atoms with E-state index in [-0.39, 0.29) is 5.41 Å². The smallest absolute Gasteiger partial charge is 0.123 e. The molecule has 0 amide bonds. The lowest BCUT2D eigenvalue weighted by molar-refractivity contribution is 0.218. The topological polar surface area (TPSA) is 21.3 Å². The van der Waals surface area contributed by atoms with Crippen molar-refractivity contribution < 1.29 is 4.74 Å². The van der Waals surface area contributed by atoms with Crippen LogP contribution in [0.4, 0.5) is 0 Å². The SMILES string of the molecule is Cc1ccc(O[C@@H]2CCNC2)c(C(C)(C)C)c1. The van der Waals surface area contributed by atoms with E-state index >= 15 is 0 Å². The van der Waals surface area contributed by atoms with Crippen LogP contribution in [0, 0.1) is 6.92 Å². The molecule has 0 unspecified atom stereocenters.